The quantitative estimate of drug-likeness (QED) is 0.164. The average molecular weight is 431 g/mol. The van der Waals surface area contributed by atoms with Gasteiger partial charge < -0.3 is 0 Å². The average Bonchev–Trinajstić information content (AvgIpc) is 3.51. The van der Waals surface area contributed by atoms with Gasteiger partial charge in [0.05, 0.1) is 4.88 Å². The van der Waals surface area contributed by atoms with Crippen molar-refractivity contribution in [3.05, 3.63) is 107 Å². The lowest BCUT2D eigenvalue weighted by atomic mass is 10.2. The predicted octanol–water partition coefficient (Wildman–Crippen LogP) is 8.30. The molecule has 1 nitrogen and oxygen atoms in total. The zero-order chi connectivity index (χ0) is 20.1. The summed E-state index contributed by atoms with van der Waals surface area (Å²) in [6, 6.07) is 22.5. The van der Waals surface area contributed by atoms with Crippen molar-refractivity contribution in [2.24, 2.45) is 0 Å². The highest BCUT2D eigenvalue weighted by atomic mass is 32.1. The molecule has 0 bridgehead atoms. The Bertz CT molecular complexity index is 1190. The highest BCUT2D eigenvalue weighted by Gasteiger charge is 2.11. The fraction of sp³-hybridized carbons (Fsp3) is 0. The van der Waals surface area contributed by atoms with Crippen LogP contribution in [0.3, 0.4) is 0 Å². The molecule has 0 saturated heterocycles. The fourth-order valence-corrected chi connectivity index (χ4v) is 5.73. The van der Waals surface area contributed by atoms with Gasteiger partial charge in [-0.3, -0.25) is 4.79 Å². The van der Waals surface area contributed by atoms with Gasteiger partial charge in [0.1, 0.15) is 0 Å². The number of thiophene rings is 3. The minimum absolute atomic E-state index is 0.0321. The van der Waals surface area contributed by atoms with E-state index in [-0.39, 0.29) is 5.78 Å². The molecular weight excluding hydrogens is 412 g/mol. The Balaban J connectivity index is 1.44. The topological polar surface area (TPSA) is 17.1 Å². The first kappa shape index (κ1) is 19.5. The van der Waals surface area contributed by atoms with E-state index in [4.69, 9.17) is 0 Å². The molecule has 29 heavy (non-hydrogen) atoms. The van der Waals surface area contributed by atoms with Crippen molar-refractivity contribution in [1.82, 2.24) is 0 Å². The van der Waals surface area contributed by atoms with E-state index in [0.29, 0.717) is 0 Å². The molecule has 0 atom stereocenters. The molecule has 4 aromatic rings. The summed E-state index contributed by atoms with van der Waals surface area (Å²) in [6.45, 7) is 3.83. The Morgan fingerprint density at radius 2 is 1.38 bits per heavy atom. The summed E-state index contributed by atoms with van der Waals surface area (Å²) >= 11 is 5.03. The van der Waals surface area contributed by atoms with Crippen LogP contribution in [0.15, 0.2) is 91.5 Å². The second-order valence-electron chi connectivity index (χ2n) is 6.23. The van der Waals surface area contributed by atoms with Gasteiger partial charge in [0.2, 0.25) is 0 Å². The molecule has 0 aliphatic carbocycles. The zero-order valence-corrected chi connectivity index (χ0v) is 18.0. The molecule has 0 unspecified atom stereocenters. The van der Waals surface area contributed by atoms with E-state index >= 15 is 0 Å². The number of benzene rings is 1. The number of carbonyl (C=O) groups excluding carboxylic acids is 1. The van der Waals surface area contributed by atoms with Crippen molar-refractivity contribution in [3.8, 4) is 19.5 Å². The Hall–Kier alpha value is -2.79. The maximum atomic E-state index is 12.4. The van der Waals surface area contributed by atoms with Crippen molar-refractivity contribution in [1.29, 1.82) is 0 Å². The summed E-state index contributed by atoms with van der Waals surface area (Å²) in [4.78, 5) is 19.2. The van der Waals surface area contributed by atoms with Crippen molar-refractivity contribution >= 4 is 51.9 Å². The summed E-state index contributed by atoms with van der Waals surface area (Å²) in [5, 5.41) is 0. The highest BCUT2D eigenvalue weighted by Crippen LogP contribution is 2.40. The SMILES string of the molecule is C=Cc1ccc(-c2ccc(-c3ccc(C(=O)C=CC=Cc4ccccc4)s3)s2)s1. The van der Waals surface area contributed by atoms with Crippen LogP contribution in [0.4, 0.5) is 0 Å². The van der Waals surface area contributed by atoms with Crippen molar-refractivity contribution in [2.75, 3.05) is 0 Å². The van der Waals surface area contributed by atoms with E-state index in [0.717, 1.165) is 15.3 Å². The van der Waals surface area contributed by atoms with Gasteiger partial charge in [-0.25, -0.2) is 0 Å². The lowest BCUT2D eigenvalue weighted by molar-refractivity contribution is 0.105. The summed E-state index contributed by atoms with van der Waals surface area (Å²) in [6.07, 6.45) is 9.18. The zero-order valence-electron chi connectivity index (χ0n) is 15.6. The van der Waals surface area contributed by atoms with Gasteiger partial charge in [-0.1, -0.05) is 61.2 Å². The van der Waals surface area contributed by atoms with E-state index in [1.807, 2.05) is 60.7 Å². The largest absolute Gasteiger partial charge is 0.288 e. The van der Waals surface area contributed by atoms with Gasteiger partial charge in [0, 0.05) is 24.4 Å². The first-order valence-electron chi connectivity index (χ1n) is 9.10. The van der Waals surface area contributed by atoms with E-state index in [1.165, 1.54) is 30.8 Å². The molecule has 0 fully saturated rings. The molecule has 142 valence electrons. The van der Waals surface area contributed by atoms with Crippen molar-refractivity contribution in [3.63, 3.8) is 0 Å². The van der Waals surface area contributed by atoms with Crippen LogP contribution in [-0.2, 0) is 0 Å². The summed E-state index contributed by atoms with van der Waals surface area (Å²) in [7, 11) is 0. The van der Waals surface area contributed by atoms with E-state index < -0.39 is 0 Å². The molecule has 3 aromatic heterocycles. The fourth-order valence-electron chi connectivity index (χ4n) is 2.76. The normalized spacial score (nSPS) is 11.4. The molecule has 1 aromatic carbocycles. The molecule has 0 radical (unpaired) electrons. The molecule has 0 aliphatic heterocycles. The maximum Gasteiger partial charge on any atom is 0.195 e. The standard InChI is InChI=1S/C25H18OS3/c1-2-19-12-13-22(27-19)23-16-17-25(29-23)24-15-14-21(28-24)20(26)11-7-6-10-18-8-4-3-5-9-18/h2-17H,1H2. The van der Waals surface area contributed by atoms with Gasteiger partial charge in [-0.05, 0) is 48.0 Å². The molecule has 4 rings (SSSR count). The first-order chi connectivity index (χ1) is 14.2. The Kier molecular flexibility index (Phi) is 6.15. The third-order valence-electron chi connectivity index (χ3n) is 4.22. The van der Waals surface area contributed by atoms with Crippen LogP contribution >= 0.6 is 34.0 Å². The van der Waals surface area contributed by atoms with Gasteiger partial charge in [-0.15, -0.1) is 34.0 Å². The van der Waals surface area contributed by atoms with Gasteiger partial charge in [0.25, 0.3) is 0 Å². The molecule has 0 aliphatic rings. The van der Waals surface area contributed by atoms with Crippen LogP contribution in [0.5, 0.6) is 0 Å². The Labute approximate surface area is 182 Å². The smallest absolute Gasteiger partial charge is 0.195 e. The van der Waals surface area contributed by atoms with Crippen LogP contribution in [-0.4, -0.2) is 5.78 Å². The number of ketones is 1. The molecular formula is C25H18OS3. The Morgan fingerprint density at radius 3 is 2.10 bits per heavy atom. The lowest BCUT2D eigenvalue weighted by Crippen LogP contribution is -1.87. The number of hydrogen-bond acceptors (Lipinski definition) is 4. The van der Waals surface area contributed by atoms with Gasteiger partial charge >= 0.3 is 0 Å². The predicted molar refractivity (Wildman–Crippen MR) is 130 cm³/mol. The van der Waals surface area contributed by atoms with E-state index in [9.17, 15) is 4.79 Å². The molecule has 0 spiro atoms. The van der Waals surface area contributed by atoms with Crippen molar-refractivity contribution in [2.45, 2.75) is 0 Å². The second-order valence-corrected chi connectivity index (χ2v) is 9.51. The van der Waals surface area contributed by atoms with E-state index in [1.54, 1.807) is 34.8 Å². The third-order valence-corrected chi connectivity index (χ3v) is 7.87. The summed E-state index contributed by atoms with van der Waals surface area (Å²) < 4.78 is 0. The van der Waals surface area contributed by atoms with E-state index in [2.05, 4.69) is 30.8 Å². The van der Waals surface area contributed by atoms with Crippen LogP contribution in [0.1, 0.15) is 20.1 Å². The molecule has 0 saturated carbocycles. The maximum absolute atomic E-state index is 12.4. The first-order valence-corrected chi connectivity index (χ1v) is 11.5. The minimum Gasteiger partial charge on any atom is -0.288 e. The molecule has 4 heteroatoms. The molecule has 0 N–H and O–H groups in total. The number of rotatable bonds is 7. The second kappa shape index (κ2) is 9.14. The van der Waals surface area contributed by atoms with Gasteiger partial charge in [0.15, 0.2) is 5.78 Å². The number of allylic oxidation sites excluding steroid dienone is 3. The monoisotopic (exact) mass is 430 g/mol. The van der Waals surface area contributed by atoms with Crippen LogP contribution < -0.4 is 0 Å². The molecule has 3 heterocycles. The minimum atomic E-state index is 0.0321. The Morgan fingerprint density at radius 1 is 0.724 bits per heavy atom. The number of hydrogen-bond donors (Lipinski definition) is 0. The van der Waals surface area contributed by atoms with Crippen LogP contribution in [0.25, 0.3) is 31.7 Å². The third kappa shape index (κ3) is 4.80. The number of carbonyl (C=O) groups is 1. The summed E-state index contributed by atoms with van der Waals surface area (Å²) in [5.41, 5.74) is 1.11. The van der Waals surface area contributed by atoms with Crippen LogP contribution in [0.2, 0.25) is 0 Å². The van der Waals surface area contributed by atoms with Crippen molar-refractivity contribution < 1.29 is 4.79 Å². The summed E-state index contributed by atoms with van der Waals surface area (Å²) in [5.74, 6) is 0.0321. The van der Waals surface area contributed by atoms with Crippen LogP contribution in [0, 0.1) is 0 Å². The van der Waals surface area contributed by atoms with Gasteiger partial charge in [-0.2, -0.15) is 0 Å². The molecule has 0 amide bonds. The lowest BCUT2D eigenvalue weighted by Gasteiger charge is -1.91. The highest BCUT2D eigenvalue weighted by molar-refractivity contribution is 7.27.